The highest BCUT2D eigenvalue weighted by Gasteiger charge is 1.99. The fourth-order valence-electron chi connectivity index (χ4n) is 2.02. The number of benzene rings is 2. The number of nitrogens with one attached hydrogen (secondary N) is 2. The molecule has 0 unspecified atom stereocenters. The summed E-state index contributed by atoms with van der Waals surface area (Å²) in [6, 6.07) is 16.8. The van der Waals surface area contributed by atoms with Crippen molar-refractivity contribution in [2.45, 2.75) is 13.0 Å². The van der Waals surface area contributed by atoms with Crippen LogP contribution in [0, 0.1) is 5.82 Å². The average molecular weight is 285 g/mol. The second-order valence-corrected chi connectivity index (χ2v) is 4.72. The molecule has 2 aromatic rings. The molecule has 0 saturated heterocycles. The Morgan fingerprint density at radius 3 is 2.48 bits per heavy atom. The molecule has 21 heavy (non-hydrogen) atoms. The van der Waals surface area contributed by atoms with E-state index in [0.717, 1.165) is 24.5 Å². The van der Waals surface area contributed by atoms with E-state index in [1.807, 2.05) is 24.3 Å². The van der Waals surface area contributed by atoms with Crippen LogP contribution >= 0.6 is 0 Å². The number of aliphatic imine (C=N–C) groups is 1. The maximum absolute atomic E-state index is 13.1. The molecule has 110 valence electrons. The Kier molecular flexibility index (Phi) is 5.76. The third-order valence-electron chi connectivity index (χ3n) is 3.12. The van der Waals surface area contributed by atoms with Crippen molar-refractivity contribution < 1.29 is 4.39 Å². The van der Waals surface area contributed by atoms with Crippen molar-refractivity contribution in [3.05, 3.63) is 71.5 Å². The molecule has 0 heterocycles. The zero-order valence-electron chi connectivity index (χ0n) is 12.1. The van der Waals surface area contributed by atoms with Crippen molar-refractivity contribution in [1.82, 2.24) is 10.6 Å². The van der Waals surface area contributed by atoms with Gasteiger partial charge in [0.2, 0.25) is 0 Å². The van der Waals surface area contributed by atoms with Crippen LogP contribution in [-0.2, 0) is 13.0 Å². The summed E-state index contributed by atoms with van der Waals surface area (Å²) in [5, 5.41) is 6.47. The van der Waals surface area contributed by atoms with E-state index in [0.29, 0.717) is 6.54 Å². The van der Waals surface area contributed by atoms with Gasteiger partial charge in [0.05, 0.1) is 0 Å². The standard InChI is InChI=1S/C17H20FN3/c1-19-17(21-13-15-6-3-2-4-7-15)20-11-10-14-8-5-9-16(18)12-14/h2-9,12H,10-11,13H2,1H3,(H2,19,20,21). The summed E-state index contributed by atoms with van der Waals surface area (Å²) in [4.78, 5) is 4.17. The van der Waals surface area contributed by atoms with E-state index in [2.05, 4.69) is 27.8 Å². The fourth-order valence-corrected chi connectivity index (χ4v) is 2.02. The van der Waals surface area contributed by atoms with E-state index >= 15 is 0 Å². The molecule has 0 saturated carbocycles. The molecule has 4 heteroatoms. The number of nitrogens with zero attached hydrogens (tertiary/aromatic N) is 1. The SMILES string of the molecule is CN=C(NCCc1cccc(F)c1)NCc1ccccc1. The zero-order chi connectivity index (χ0) is 14.9. The maximum Gasteiger partial charge on any atom is 0.191 e. The van der Waals surface area contributed by atoms with Gasteiger partial charge in [-0.15, -0.1) is 0 Å². The minimum absolute atomic E-state index is 0.195. The van der Waals surface area contributed by atoms with Gasteiger partial charge in [-0.05, 0) is 29.7 Å². The Hall–Kier alpha value is -2.36. The lowest BCUT2D eigenvalue weighted by Gasteiger charge is -2.12. The normalized spacial score (nSPS) is 11.2. The Morgan fingerprint density at radius 1 is 1.00 bits per heavy atom. The molecule has 0 spiro atoms. The van der Waals surface area contributed by atoms with Crippen molar-refractivity contribution in [2.24, 2.45) is 4.99 Å². The number of rotatable bonds is 5. The number of hydrogen-bond acceptors (Lipinski definition) is 1. The lowest BCUT2D eigenvalue weighted by Crippen LogP contribution is -2.37. The van der Waals surface area contributed by atoms with Crippen molar-refractivity contribution in [1.29, 1.82) is 0 Å². The summed E-state index contributed by atoms with van der Waals surface area (Å²) >= 11 is 0. The highest BCUT2D eigenvalue weighted by molar-refractivity contribution is 5.79. The summed E-state index contributed by atoms with van der Waals surface area (Å²) in [6.45, 7) is 1.43. The van der Waals surface area contributed by atoms with Gasteiger partial charge in [-0.1, -0.05) is 42.5 Å². The van der Waals surface area contributed by atoms with E-state index < -0.39 is 0 Å². The van der Waals surface area contributed by atoms with Crippen LogP contribution in [0.1, 0.15) is 11.1 Å². The number of hydrogen-bond donors (Lipinski definition) is 2. The van der Waals surface area contributed by atoms with E-state index in [9.17, 15) is 4.39 Å². The molecule has 0 bridgehead atoms. The van der Waals surface area contributed by atoms with Crippen molar-refractivity contribution in [3.63, 3.8) is 0 Å². The van der Waals surface area contributed by atoms with Gasteiger partial charge in [0.15, 0.2) is 5.96 Å². The van der Waals surface area contributed by atoms with Gasteiger partial charge in [0.1, 0.15) is 5.82 Å². The minimum atomic E-state index is -0.195. The molecule has 0 radical (unpaired) electrons. The smallest absolute Gasteiger partial charge is 0.191 e. The highest BCUT2D eigenvalue weighted by atomic mass is 19.1. The first kappa shape index (κ1) is 15.0. The van der Waals surface area contributed by atoms with Gasteiger partial charge in [0, 0.05) is 20.1 Å². The molecule has 2 N–H and O–H groups in total. The predicted octanol–water partition coefficient (Wildman–Crippen LogP) is 2.73. The van der Waals surface area contributed by atoms with Crippen molar-refractivity contribution >= 4 is 5.96 Å². The van der Waals surface area contributed by atoms with Crippen LogP contribution in [0.2, 0.25) is 0 Å². The molecule has 0 aromatic heterocycles. The first-order valence-electron chi connectivity index (χ1n) is 7.01. The van der Waals surface area contributed by atoms with Gasteiger partial charge >= 0.3 is 0 Å². The van der Waals surface area contributed by atoms with Crippen LogP contribution in [0.3, 0.4) is 0 Å². The lowest BCUT2D eigenvalue weighted by atomic mass is 10.1. The van der Waals surface area contributed by atoms with Gasteiger partial charge in [0.25, 0.3) is 0 Å². The van der Waals surface area contributed by atoms with Crippen LogP contribution in [-0.4, -0.2) is 19.6 Å². The largest absolute Gasteiger partial charge is 0.356 e. The van der Waals surface area contributed by atoms with Crippen LogP contribution in [0.5, 0.6) is 0 Å². The van der Waals surface area contributed by atoms with E-state index in [1.54, 1.807) is 19.2 Å². The Balaban J connectivity index is 1.75. The molecule has 0 aliphatic rings. The molecule has 0 fully saturated rings. The second kappa shape index (κ2) is 8.04. The fraction of sp³-hybridized carbons (Fsp3) is 0.235. The van der Waals surface area contributed by atoms with Gasteiger partial charge in [-0.3, -0.25) is 4.99 Å². The van der Waals surface area contributed by atoms with Gasteiger partial charge in [-0.25, -0.2) is 4.39 Å². The lowest BCUT2D eigenvalue weighted by molar-refractivity contribution is 0.625. The Labute approximate surface area is 124 Å². The summed E-state index contributed by atoms with van der Waals surface area (Å²) in [6.07, 6.45) is 0.754. The Morgan fingerprint density at radius 2 is 1.76 bits per heavy atom. The van der Waals surface area contributed by atoms with Gasteiger partial charge < -0.3 is 10.6 Å². The van der Waals surface area contributed by atoms with Crippen LogP contribution < -0.4 is 10.6 Å². The molecule has 3 nitrogen and oxygen atoms in total. The molecule has 0 atom stereocenters. The van der Waals surface area contributed by atoms with E-state index in [4.69, 9.17) is 0 Å². The summed E-state index contributed by atoms with van der Waals surface area (Å²) in [7, 11) is 1.74. The Bertz CT molecular complexity index is 582. The number of halogens is 1. The molecular formula is C17H20FN3. The summed E-state index contributed by atoms with van der Waals surface area (Å²) in [5.74, 6) is 0.550. The second-order valence-electron chi connectivity index (χ2n) is 4.72. The summed E-state index contributed by atoms with van der Waals surface area (Å²) < 4.78 is 13.1. The van der Waals surface area contributed by atoms with Crippen LogP contribution in [0.4, 0.5) is 4.39 Å². The first-order chi connectivity index (χ1) is 10.3. The highest BCUT2D eigenvalue weighted by Crippen LogP contribution is 2.03. The minimum Gasteiger partial charge on any atom is -0.356 e. The van der Waals surface area contributed by atoms with Crippen molar-refractivity contribution in [2.75, 3.05) is 13.6 Å². The van der Waals surface area contributed by atoms with Crippen LogP contribution in [0.15, 0.2) is 59.6 Å². The average Bonchev–Trinajstić information content (AvgIpc) is 2.52. The maximum atomic E-state index is 13.1. The van der Waals surface area contributed by atoms with E-state index in [1.165, 1.54) is 11.6 Å². The molecule has 2 aromatic carbocycles. The third-order valence-corrected chi connectivity index (χ3v) is 3.12. The molecule has 0 aliphatic carbocycles. The summed E-state index contributed by atoms with van der Waals surface area (Å²) in [5.41, 5.74) is 2.17. The molecular weight excluding hydrogens is 265 g/mol. The predicted molar refractivity (Wildman–Crippen MR) is 84.7 cm³/mol. The topological polar surface area (TPSA) is 36.4 Å². The quantitative estimate of drug-likeness (QED) is 0.654. The third kappa shape index (κ3) is 5.26. The first-order valence-corrected chi connectivity index (χ1v) is 7.01. The molecule has 2 rings (SSSR count). The van der Waals surface area contributed by atoms with Crippen molar-refractivity contribution in [3.8, 4) is 0 Å². The number of guanidine groups is 1. The molecule has 0 amide bonds. The van der Waals surface area contributed by atoms with E-state index in [-0.39, 0.29) is 5.82 Å². The van der Waals surface area contributed by atoms with Gasteiger partial charge in [-0.2, -0.15) is 0 Å². The molecule has 0 aliphatic heterocycles. The van der Waals surface area contributed by atoms with Crippen LogP contribution in [0.25, 0.3) is 0 Å². The zero-order valence-corrected chi connectivity index (χ0v) is 12.1. The monoisotopic (exact) mass is 285 g/mol.